The van der Waals surface area contributed by atoms with Crippen molar-refractivity contribution >= 4 is 17.8 Å². The summed E-state index contributed by atoms with van der Waals surface area (Å²) in [6.45, 7) is 2.70. The van der Waals surface area contributed by atoms with Gasteiger partial charge in [0.1, 0.15) is 23.9 Å². The molecular formula is C19H18N4O5. The highest BCUT2D eigenvalue weighted by Crippen LogP contribution is 2.53. The van der Waals surface area contributed by atoms with Gasteiger partial charge in [-0.25, -0.2) is 4.79 Å². The van der Waals surface area contributed by atoms with Crippen LogP contribution in [0.1, 0.15) is 19.4 Å². The van der Waals surface area contributed by atoms with Crippen molar-refractivity contribution in [3.63, 3.8) is 0 Å². The predicted octanol–water partition coefficient (Wildman–Crippen LogP) is 0.175. The summed E-state index contributed by atoms with van der Waals surface area (Å²) in [7, 11) is 0. The maximum Gasteiger partial charge on any atom is 0.337 e. The van der Waals surface area contributed by atoms with Crippen LogP contribution in [0.15, 0.2) is 47.0 Å². The summed E-state index contributed by atoms with van der Waals surface area (Å²) in [6.07, 6.45) is 0. The first kappa shape index (κ1) is 19.0. The van der Waals surface area contributed by atoms with Gasteiger partial charge in [0.15, 0.2) is 5.41 Å². The van der Waals surface area contributed by atoms with Crippen LogP contribution in [-0.2, 0) is 24.5 Å². The number of carbonyl (C=O) groups excluding carboxylic acids is 3. The number of primary amides is 1. The Balaban J connectivity index is 2.41. The molecule has 3 rings (SSSR count). The fourth-order valence-electron chi connectivity index (χ4n) is 3.69. The van der Waals surface area contributed by atoms with E-state index in [0.717, 1.165) is 4.90 Å². The van der Waals surface area contributed by atoms with Crippen molar-refractivity contribution in [1.29, 1.82) is 5.26 Å². The zero-order valence-electron chi connectivity index (χ0n) is 15.3. The molecule has 0 radical (unpaired) electrons. The lowest BCUT2D eigenvalue weighted by Crippen LogP contribution is -2.48. The third-order valence-electron chi connectivity index (χ3n) is 4.75. The number of carbonyl (C=O) groups is 3. The van der Waals surface area contributed by atoms with Crippen LogP contribution in [0.3, 0.4) is 0 Å². The normalized spacial score (nSPS) is 20.8. The van der Waals surface area contributed by atoms with E-state index in [4.69, 9.17) is 20.9 Å². The van der Waals surface area contributed by atoms with Gasteiger partial charge in [-0.2, -0.15) is 5.26 Å². The third-order valence-corrected chi connectivity index (χ3v) is 4.75. The molecule has 144 valence electrons. The van der Waals surface area contributed by atoms with Gasteiger partial charge in [-0.1, -0.05) is 18.2 Å². The molecule has 0 saturated carbocycles. The number of rotatable bonds is 4. The molecule has 1 spiro atoms. The molecule has 1 atom stereocenters. The Labute approximate surface area is 160 Å². The average Bonchev–Trinajstić information content (AvgIpc) is 2.84. The minimum absolute atomic E-state index is 0.0505. The number of nitrogens with two attached hydrogens (primary N) is 2. The Kier molecular flexibility index (Phi) is 4.56. The van der Waals surface area contributed by atoms with Crippen molar-refractivity contribution in [3.05, 3.63) is 52.6 Å². The van der Waals surface area contributed by atoms with E-state index in [9.17, 15) is 19.6 Å². The second-order valence-corrected chi connectivity index (χ2v) is 6.24. The summed E-state index contributed by atoms with van der Waals surface area (Å²) in [5.41, 5.74) is 9.46. The summed E-state index contributed by atoms with van der Waals surface area (Å²) in [6, 6.07) is 8.35. The van der Waals surface area contributed by atoms with Crippen molar-refractivity contribution in [2.75, 3.05) is 13.2 Å². The Morgan fingerprint density at radius 3 is 2.64 bits per heavy atom. The molecule has 28 heavy (non-hydrogen) atoms. The lowest BCUT2D eigenvalue weighted by molar-refractivity contribution is -0.141. The van der Waals surface area contributed by atoms with E-state index in [1.54, 1.807) is 31.2 Å². The molecule has 0 saturated heterocycles. The van der Waals surface area contributed by atoms with Crippen molar-refractivity contribution in [2.24, 2.45) is 11.5 Å². The molecule has 2 amide bonds. The number of allylic oxidation sites excluding steroid dienone is 1. The van der Waals surface area contributed by atoms with Crippen LogP contribution in [0.4, 0.5) is 0 Å². The largest absolute Gasteiger partial charge is 0.463 e. The quantitative estimate of drug-likeness (QED) is 0.705. The van der Waals surface area contributed by atoms with E-state index >= 15 is 0 Å². The van der Waals surface area contributed by atoms with Crippen LogP contribution >= 0.6 is 0 Å². The summed E-state index contributed by atoms with van der Waals surface area (Å²) in [4.78, 5) is 39.1. The smallest absolute Gasteiger partial charge is 0.337 e. The maximum absolute atomic E-state index is 13.6. The first-order valence-electron chi connectivity index (χ1n) is 8.47. The zero-order valence-corrected chi connectivity index (χ0v) is 15.3. The van der Waals surface area contributed by atoms with Crippen molar-refractivity contribution < 1.29 is 23.9 Å². The van der Waals surface area contributed by atoms with Gasteiger partial charge in [-0.15, -0.1) is 0 Å². The van der Waals surface area contributed by atoms with E-state index in [1.165, 1.54) is 6.92 Å². The lowest BCUT2D eigenvalue weighted by atomic mass is 9.68. The number of nitrogens with zero attached hydrogens (tertiary/aromatic N) is 2. The fraction of sp³-hybridized carbons (Fsp3) is 0.263. The number of fused-ring (bicyclic) bond motifs is 2. The summed E-state index contributed by atoms with van der Waals surface area (Å²) in [5, 5.41) is 9.81. The van der Waals surface area contributed by atoms with Gasteiger partial charge in [0.25, 0.3) is 0 Å². The average molecular weight is 382 g/mol. The number of para-hydroxylation sites is 1. The number of hydrogen-bond acceptors (Lipinski definition) is 7. The van der Waals surface area contributed by atoms with Gasteiger partial charge >= 0.3 is 5.97 Å². The number of hydrogen-bond donors (Lipinski definition) is 2. The molecule has 0 bridgehead atoms. The van der Waals surface area contributed by atoms with Crippen LogP contribution in [0.25, 0.3) is 0 Å². The minimum Gasteiger partial charge on any atom is -0.463 e. The molecule has 0 fully saturated rings. The van der Waals surface area contributed by atoms with E-state index < -0.39 is 29.7 Å². The molecule has 2 aliphatic heterocycles. The molecule has 0 aromatic heterocycles. The molecule has 2 heterocycles. The first-order valence-corrected chi connectivity index (χ1v) is 8.47. The Morgan fingerprint density at radius 2 is 2.04 bits per heavy atom. The second kappa shape index (κ2) is 6.74. The van der Waals surface area contributed by atoms with E-state index in [0.29, 0.717) is 0 Å². The molecule has 1 aromatic rings. The molecule has 9 heteroatoms. The molecule has 1 aromatic carbocycles. The number of esters is 1. The highest BCUT2D eigenvalue weighted by Gasteiger charge is 2.62. The van der Waals surface area contributed by atoms with Crippen molar-refractivity contribution in [2.45, 2.75) is 19.3 Å². The highest BCUT2D eigenvalue weighted by atomic mass is 16.5. The van der Waals surface area contributed by atoms with Crippen LogP contribution in [0, 0.1) is 11.3 Å². The number of amides is 2. The van der Waals surface area contributed by atoms with Gasteiger partial charge in [-0.3, -0.25) is 9.59 Å². The predicted molar refractivity (Wildman–Crippen MR) is 95.8 cm³/mol. The molecule has 9 nitrogen and oxygen atoms in total. The lowest BCUT2D eigenvalue weighted by Gasteiger charge is -2.35. The van der Waals surface area contributed by atoms with Crippen LogP contribution in [0.5, 0.6) is 5.75 Å². The summed E-state index contributed by atoms with van der Waals surface area (Å²) < 4.78 is 10.7. The van der Waals surface area contributed by atoms with Gasteiger partial charge in [0.05, 0.1) is 12.2 Å². The van der Waals surface area contributed by atoms with Gasteiger partial charge in [0.2, 0.25) is 17.7 Å². The molecule has 4 N–H and O–H groups in total. The van der Waals surface area contributed by atoms with Gasteiger partial charge < -0.3 is 25.8 Å². The summed E-state index contributed by atoms with van der Waals surface area (Å²) >= 11 is 0. The first-order chi connectivity index (χ1) is 13.3. The fourth-order valence-corrected chi connectivity index (χ4v) is 3.69. The SMILES string of the molecule is CCOC(=O)C1=C(C)N(CC(N)=O)C(=O)[C@@]12C(C#N)=C(N)Oc1ccccc12. The Bertz CT molecular complexity index is 1000. The van der Waals surface area contributed by atoms with E-state index in [-0.39, 0.29) is 40.6 Å². The van der Waals surface area contributed by atoms with Crippen LogP contribution < -0.4 is 16.2 Å². The number of benzene rings is 1. The zero-order chi connectivity index (χ0) is 20.6. The van der Waals surface area contributed by atoms with E-state index in [2.05, 4.69) is 0 Å². The Morgan fingerprint density at radius 1 is 1.36 bits per heavy atom. The van der Waals surface area contributed by atoms with E-state index in [1.807, 2.05) is 6.07 Å². The summed E-state index contributed by atoms with van der Waals surface area (Å²) in [5.74, 6) is -2.34. The standard InChI is InChI=1S/C19H18N4O5/c1-3-27-17(25)15-10(2)23(9-14(21)24)18(26)19(15)11-6-4-5-7-13(11)28-16(22)12(19)8-20/h4-7H,3,9,22H2,1-2H3,(H2,21,24)/t19-/m0/s1. The monoisotopic (exact) mass is 382 g/mol. The number of nitriles is 1. The molecular weight excluding hydrogens is 364 g/mol. The molecule has 0 aliphatic carbocycles. The Hall–Kier alpha value is -3.80. The van der Waals surface area contributed by atoms with Gasteiger partial charge in [0, 0.05) is 11.3 Å². The van der Waals surface area contributed by atoms with Gasteiger partial charge in [-0.05, 0) is 19.9 Å². The highest BCUT2D eigenvalue weighted by molar-refractivity contribution is 6.13. The third kappa shape index (κ3) is 2.42. The molecule has 0 unspecified atom stereocenters. The molecule has 2 aliphatic rings. The topological polar surface area (TPSA) is 149 Å². The maximum atomic E-state index is 13.6. The number of ether oxygens (including phenoxy) is 2. The van der Waals surface area contributed by atoms with Crippen LogP contribution in [0.2, 0.25) is 0 Å². The van der Waals surface area contributed by atoms with Crippen molar-refractivity contribution in [3.8, 4) is 11.8 Å². The van der Waals surface area contributed by atoms with Crippen molar-refractivity contribution in [1.82, 2.24) is 4.90 Å². The van der Waals surface area contributed by atoms with Crippen LogP contribution in [-0.4, -0.2) is 35.8 Å². The minimum atomic E-state index is -1.88. The second-order valence-electron chi connectivity index (χ2n) is 6.24.